The Balaban J connectivity index is 2.26. The summed E-state index contributed by atoms with van der Waals surface area (Å²) in [5, 5.41) is 3.38. The van der Waals surface area contributed by atoms with E-state index in [-0.39, 0.29) is 5.54 Å². The van der Waals surface area contributed by atoms with Gasteiger partial charge in [-0.05, 0) is 61.6 Å². The van der Waals surface area contributed by atoms with Crippen LogP contribution in [0.3, 0.4) is 0 Å². The number of hydrogen-bond donors (Lipinski definition) is 1. The van der Waals surface area contributed by atoms with Crippen LogP contribution in [-0.4, -0.2) is 18.7 Å². The van der Waals surface area contributed by atoms with E-state index in [9.17, 15) is 0 Å². The zero-order valence-electron chi connectivity index (χ0n) is 9.51. The molecule has 0 atom stereocenters. The molecule has 0 aliphatic heterocycles. The van der Waals surface area contributed by atoms with Crippen LogP contribution in [0.4, 0.5) is 0 Å². The van der Waals surface area contributed by atoms with Crippen molar-refractivity contribution in [3.8, 4) is 5.75 Å². The summed E-state index contributed by atoms with van der Waals surface area (Å²) in [7, 11) is 0. The normalized spacial score (nSPS) is 11.5. The van der Waals surface area contributed by atoms with E-state index in [2.05, 4.69) is 54.7 Å². The molecule has 0 spiro atoms. The molecule has 0 amide bonds. The van der Waals surface area contributed by atoms with Crippen LogP contribution in [-0.2, 0) is 0 Å². The van der Waals surface area contributed by atoms with Gasteiger partial charge in [-0.25, -0.2) is 0 Å². The Hall–Kier alpha value is -0.290. The number of hydrogen-bond acceptors (Lipinski definition) is 2. The lowest BCUT2D eigenvalue weighted by Crippen LogP contribution is -2.38. The second-order valence-electron chi connectivity index (χ2n) is 4.48. The van der Waals surface area contributed by atoms with Crippen molar-refractivity contribution < 1.29 is 4.74 Å². The average molecular weight is 319 g/mol. The van der Waals surface area contributed by atoms with Gasteiger partial charge in [-0.2, -0.15) is 0 Å². The van der Waals surface area contributed by atoms with E-state index >= 15 is 0 Å². The van der Waals surface area contributed by atoms with E-state index < -0.39 is 0 Å². The van der Waals surface area contributed by atoms with Crippen LogP contribution in [0.15, 0.2) is 24.3 Å². The second-order valence-corrected chi connectivity index (χ2v) is 5.73. The van der Waals surface area contributed by atoms with Crippen molar-refractivity contribution in [1.29, 1.82) is 0 Å². The Bertz CT molecular complexity index is 307. The molecule has 0 bridgehead atoms. The molecule has 0 aromatic heterocycles. The van der Waals surface area contributed by atoms with Gasteiger partial charge in [0.25, 0.3) is 0 Å². The highest BCUT2D eigenvalue weighted by atomic mass is 127. The van der Waals surface area contributed by atoms with Gasteiger partial charge < -0.3 is 10.1 Å². The van der Waals surface area contributed by atoms with E-state index in [0.717, 1.165) is 12.3 Å². The Labute approximate surface area is 106 Å². The van der Waals surface area contributed by atoms with Gasteiger partial charge in [0.15, 0.2) is 0 Å². The molecular weight excluding hydrogens is 301 g/mol. The molecule has 15 heavy (non-hydrogen) atoms. The fraction of sp³-hybridized carbons (Fsp3) is 0.500. The van der Waals surface area contributed by atoms with Crippen molar-refractivity contribution in [2.45, 2.75) is 26.3 Å². The van der Waals surface area contributed by atoms with Crippen molar-refractivity contribution in [2.24, 2.45) is 0 Å². The minimum atomic E-state index is 0.161. The first-order chi connectivity index (χ1) is 6.97. The maximum atomic E-state index is 5.61. The standard InChI is InChI=1S/C12H18INO/c1-12(2,3)14-7-8-15-11-6-4-5-10(13)9-11/h4-6,9,14H,7-8H2,1-3H3. The molecule has 1 N–H and O–H groups in total. The van der Waals surface area contributed by atoms with E-state index in [1.165, 1.54) is 3.57 Å². The molecule has 1 rings (SSSR count). The zero-order valence-corrected chi connectivity index (χ0v) is 11.7. The maximum absolute atomic E-state index is 5.61. The number of halogens is 1. The lowest BCUT2D eigenvalue weighted by Gasteiger charge is -2.20. The van der Waals surface area contributed by atoms with Gasteiger partial charge in [0.1, 0.15) is 12.4 Å². The monoisotopic (exact) mass is 319 g/mol. The first-order valence-corrected chi connectivity index (χ1v) is 6.19. The molecule has 0 heterocycles. The SMILES string of the molecule is CC(C)(C)NCCOc1cccc(I)c1. The van der Waals surface area contributed by atoms with Crippen molar-refractivity contribution in [2.75, 3.05) is 13.2 Å². The van der Waals surface area contributed by atoms with Crippen LogP contribution in [0.25, 0.3) is 0 Å². The van der Waals surface area contributed by atoms with Gasteiger partial charge >= 0.3 is 0 Å². The van der Waals surface area contributed by atoms with Gasteiger partial charge in [-0.1, -0.05) is 6.07 Å². The summed E-state index contributed by atoms with van der Waals surface area (Å²) in [6.45, 7) is 8.03. The highest BCUT2D eigenvalue weighted by Crippen LogP contribution is 2.14. The molecule has 0 fully saturated rings. The molecule has 0 radical (unpaired) electrons. The summed E-state index contributed by atoms with van der Waals surface area (Å²) < 4.78 is 6.82. The molecule has 0 saturated carbocycles. The first kappa shape index (κ1) is 12.8. The van der Waals surface area contributed by atoms with Crippen LogP contribution in [0.5, 0.6) is 5.75 Å². The summed E-state index contributed by atoms with van der Waals surface area (Å²) in [6, 6.07) is 8.09. The zero-order chi connectivity index (χ0) is 11.3. The molecule has 0 aliphatic rings. The second kappa shape index (κ2) is 5.70. The Kier molecular flexibility index (Phi) is 4.86. The molecule has 84 valence electrons. The number of rotatable bonds is 4. The van der Waals surface area contributed by atoms with Gasteiger partial charge in [0.05, 0.1) is 0 Å². The Morgan fingerprint density at radius 3 is 2.67 bits per heavy atom. The number of nitrogens with one attached hydrogen (secondary N) is 1. The third kappa shape index (κ3) is 5.99. The molecule has 0 saturated heterocycles. The lowest BCUT2D eigenvalue weighted by atomic mass is 10.1. The molecule has 0 unspecified atom stereocenters. The van der Waals surface area contributed by atoms with Crippen molar-refractivity contribution in [3.05, 3.63) is 27.8 Å². The fourth-order valence-electron chi connectivity index (χ4n) is 1.15. The maximum Gasteiger partial charge on any atom is 0.120 e. The van der Waals surface area contributed by atoms with Crippen LogP contribution in [0.1, 0.15) is 20.8 Å². The molecule has 0 aliphatic carbocycles. The summed E-state index contributed by atoms with van der Waals surface area (Å²) in [4.78, 5) is 0. The lowest BCUT2D eigenvalue weighted by molar-refractivity contribution is 0.291. The Morgan fingerprint density at radius 1 is 1.33 bits per heavy atom. The van der Waals surface area contributed by atoms with Crippen LogP contribution in [0.2, 0.25) is 0 Å². The van der Waals surface area contributed by atoms with E-state index in [1.54, 1.807) is 0 Å². The van der Waals surface area contributed by atoms with Crippen molar-refractivity contribution in [3.63, 3.8) is 0 Å². The van der Waals surface area contributed by atoms with Crippen molar-refractivity contribution in [1.82, 2.24) is 5.32 Å². The van der Waals surface area contributed by atoms with E-state index in [4.69, 9.17) is 4.74 Å². The number of benzene rings is 1. The van der Waals surface area contributed by atoms with Gasteiger partial charge in [0.2, 0.25) is 0 Å². The van der Waals surface area contributed by atoms with Crippen molar-refractivity contribution >= 4 is 22.6 Å². The third-order valence-corrected chi connectivity index (χ3v) is 2.49. The predicted molar refractivity (Wildman–Crippen MR) is 72.4 cm³/mol. The molecule has 2 nitrogen and oxygen atoms in total. The molecule has 3 heteroatoms. The fourth-order valence-corrected chi connectivity index (χ4v) is 1.67. The summed E-state index contributed by atoms with van der Waals surface area (Å²) in [5.41, 5.74) is 0.161. The first-order valence-electron chi connectivity index (χ1n) is 5.11. The van der Waals surface area contributed by atoms with Crippen LogP contribution < -0.4 is 10.1 Å². The van der Waals surface area contributed by atoms with Crippen LogP contribution in [0, 0.1) is 3.57 Å². The third-order valence-electron chi connectivity index (χ3n) is 1.82. The smallest absolute Gasteiger partial charge is 0.120 e. The predicted octanol–water partition coefficient (Wildman–Crippen LogP) is 3.06. The molecule has 1 aromatic rings. The largest absolute Gasteiger partial charge is 0.492 e. The highest BCUT2D eigenvalue weighted by Gasteiger charge is 2.07. The van der Waals surface area contributed by atoms with Gasteiger partial charge in [-0.15, -0.1) is 0 Å². The quantitative estimate of drug-likeness (QED) is 0.680. The van der Waals surface area contributed by atoms with Gasteiger partial charge in [0, 0.05) is 15.7 Å². The van der Waals surface area contributed by atoms with Gasteiger partial charge in [-0.3, -0.25) is 0 Å². The van der Waals surface area contributed by atoms with E-state index in [0.29, 0.717) is 6.61 Å². The van der Waals surface area contributed by atoms with E-state index in [1.807, 2.05) is 18.2 Å². The van der Waals surface area contributed by atoms with Crippen LogP contribution >= 0.6 is 22.6 Å². The summed E-state index contributed by atoms with van der Waals surface area (Å²) in [5.74, 6) is 0.942. The summed E-state index contributed by atoms with van der Waals surface area (Å²) >= 11 is 2.28. The Morgan fingerprint density at radius 2 is 2.07 bits per heavy atom. The molecule has 1 aromatic carbocycles. The summed E-state index contributed by atoms with van der Waals surface area (Å²) in [6.07, 6.45) is 0. The number of ether oxygens (including phenoxy) is 1. The average Bonchev–Trinajstić information content (AvgIpc) is 2.11. The molecular formula is C12H18INO. The minimum Gasteiger partial charge on any atom is -0.492 e. The highest BCUT2D eigenvalue weighted by molar-refractivity contribution is 14.1. The minimum absolute atomic E-state index is 0.161. The topological polar surface area (TPSA) is 21.3 Å².